The fourth-order valence-electron chi connectivity index (χ4n) is 4.22. The molecule has 3 aromatic carbocycles. The molecule has 3 aromatic rings. The molecule has 5 heteroatoms. The van der Waals surface area contributed by atoms with Crippen LogP contribution in [0.2, 0.25) is 0 Å². The van der Waals surface area contributed by atoms with Crippen LogP contribution in [0.25, 0.3) is 10.8 Å². The van der Waals surface area contributed by atoms with Crippen LogP contribution in [0.1, 0.15) is 28.9 Å². The molecule has 31 heavy (non-hydrogen) atoms. The van der Waals surface area contributed by atoms with Gasteiger partial charge < -0.3 is 19.9 Å². The van der Waals surface area contributed by atoms with E-state index in [1.54, 1.807) is 19.0 Å². The van der Waals surface area contributed by atoms with Crippen molar-refractivity contribution in [3.8, 4) is 0 Å². The molecule has 1 aliphatic heterocycles. The van der Waals surface area contributed by atoms with Crippen LogP contribution in [0.4, 0.5) is 5.69 Å². The van der Waals surface area contributed by atoms with Crippen molar-refractivity contribution in [3.05, 3.63) is 77.9 Å². The Morgan fingerprint density at radius 3 is 2.74 bits per heavy atom. The third-order valence-corrected chi connectivity index (χ3v) is 5.94. The Kier molecular flexibility index (Phi) is 6.54. The first-order valence-corrected chi connectivity index (χ1v) is 10.9. The topological polar surface area (TPSA) is 44.8 Å². The summed E-state index contributed by atoms with van der Waals surface area (Å²) in [6, 6.07) is 23.1. The summed E-state index contributed by atoms with van der Waals surface area (Å²) in [4.78, 5) is 16.2. The van der Waals surface area contributed by atoms with Gasteiger partial charge in [-0.3, -0.25) is 4.79 Å². The number of benzene rings is 3. The van der Waals surface area contributed by atoms with Crippen molar-refractivity contribution in [1.82, 2.24) is 10.2 Å². The van der Waals surface area contributed by atoms with Gasteiger partial charge in [0.2, 0.25) is 0 Å². The van der Waals surface area contributed by atoms with Crippen LogP contribution in [-0.4, -0.2) is 57.2 Å². The maximum Gasteiger partial charge on any atom is 0.253 e. The van der Waals surface area contributed by atoms with Crippen molar-refractivity contribution in [2.75, 3.05) is 45.2 Å². The predicted molar refractivity (Wildman–Crippen MR) is 127 cm³/mol. The van der Waals surface area contributed by atoms with Gasteiger partial charge in [-0.2, -0.15) is 0 Å². The number of fused-ring (bicyclic) bond motifs is 1. The molecule has 0 aromatic heterocycles. The van der Waals surface area contributed by atoms with Crippen LogP contribution in [0.3, 0.4) is 0 Å². The highest BCUT2D eigenvalue weighted by molar-refractivity contribution is 5.94. The fraction of sp³-hybridized carbons (Fsp3) is 0.346. The summed E-state index contributed by atoms with van der Waals surface area (Å²) in [6.45, 7) is 5.29. The Hall–Kier alpha value is -2.89. The number of anilines is 1. The second kappa shape index (κ2) is 9.50. The summed E-state index contributed by atoms with van der Waals surface area (Å²) in [5.74, 6) is 0.0252. The average molecular weight is 418 g/mol. The molecule has 1 saturated heterocycles. The standard InChI is InChI=1S/C26H31N3O2/c1-19(24-13-7-9-20-8-4-5-12-25(20)24)27-17-23-18-29(14-15-31-23)22-11-6-10-21(16-22)26(30)28(2)3/h4-13,16,19,23,27H,14-15,17-18H2,1-3H3/t19-,23?/m1/s1. The quantitative estimate of drug-likeness (QED) is 0.656. The number of ether oxygens (including phenoxy) is 1. The molecule has 0 radical (unpaired) electrons. The molecule has 1 heterocycles. The number of hydrogen-bond acceptors (Lipinski definition) is 4. The van der Waals surface area contributed by atoms with Gasteiger partial charge in [-0.15, -0.1) is 0 Å². The SMILES string of the molecule is C[C@@H](NCC1CN(c2cccc(C(=O)N(C)C)c2)CCO1)c1cccc2ccccc12. The van der Waals surface area contributed by atoms with E-state index in [0.29, 0.717) is 12.2 Å². The summed E-state index contributed by atoms with van der Waals surface area (Å²) >= 11 is 0. The lowest BCUT2D eigenvalue weighted by atomic mass is 9.99. The minimum Gasteiger partial charge on any atom is -0.373 e. The van der Waals surface area contributed by atoms with Crippen molar-refractivity contribution in [1.29, 1.82) is 0 Å². The number of carbonyl (C=O) groups is 1. The molecular formula is C26H31N3O2. The van der Waals surface area contributed by atoms with Crippen molar-refractivity contribution in [2.45, 2.75) is 19.1 Å². The van der Waals surface area contributed by atoms with Gasteiger partial charge in [0.15, 0.2) is 0 Å². The van der Waals surface area contributed by atoms with Crippen molar-refractivity contribution >= 4 is 22.4 Å². The van der Waals surface area contributed by atoms with E-state index >= 15 is 0 Å². The van der Waals surface area contributed by atoms with E-state index in [9.17, 15) is 4.79 Å². The van der Waals surface area contributed by atoms with Crippen LogP contribution in [0, 0.1) is 0 Å². The smallest absolute Gasteiger partial charge is 0.253 e. The Morgan fingerprint density at radius 2 is 1.90 bits per heavy atom. The van der Waals surface area contributed by atoms with Gasteiger partial charge in [0.1, 0.15) is 0 Å². The zero-order valence-corrected chi connectivity index (χ0v) is 18.5. The number of nitrogens with one attached hydrogen (secondary N) is 1. The number of morpholine rings is 1. The molecule has 1 fully saturated rings. The highest BCUT2D eigenvalue weighted by Gasteiger charge is 2.22. The first-order valence-electron chi connectivity index (χ1n) is 10.9. The fourth-order valence-corrected chi connectivity index (χ4v) is 4.22. The monoisotopic (exact) mass is 417 g/mol. The summed E-state index contributed by atoms with van der Waals surface area (Å²) in [7, 11) is 3.56. The summed E-state index contributed by atoms with van der Waals surface area (Å²) in [5, 5.41) is 6.22. The highest BCUT2D eigenvalue weighted by atomic mass is 16.5. The third-order valence-electron chi connectivity index (χ3n) is 5.94. The number of carbonyl (C=O) groups excluding carboxylic acids is 1. The van der Waals surface area contributed by atoms with E-state index in [1.165, 1.54) is 16.3 Å². The normalized spacial score (nSPS) is 17.5. The maximum absolute atomic E-state index is 12.3. The zero-order valence-electron chi connectivity index (χ0n) is 18.5. The van der Waals surface area contributed by atoms with Crippen LogP contribution >= 0.6 is 0 Å². The molecule has 0 aliphatic carbocycles. The Balaban J connectivity index is 1.40. The van der Waals surface area contributed by atoms with E-state index in [0.717, 1.165) is 25.3 Å². The lowest BCUT2D eigenvalue weighted by Crippen LogP contribution is -2.47. The van der Waals surface area contributed by atoms with Crippen LogP contribution in [-0.2, 0) is 4.74 Å². The van der Waals surface area contributed by atoms with Gasteiger partial charge in [-0.25, -0.2) is 0 Å². The van der Waals surface area contributed by atoms with Crippen LogP contribution in [0.5, 0.6) is 0 Å². The van der Waals surface area contributed by atoms with Gasteiger partial charge in [0, 0.05) is 51.0 Å². The van der Waals surface area contributed by atoms with Crippen molar-refractivity contribution in [3.63, 3.8) is 0 Å². The largest absolute Gasteiger partial charge is 0.373 e. The van der Waals surface area contributed by atoms with Gasteiger partial charge in [0.25, 0.3) is 5.91 Å². The second-order valence-corrected chi connectivity index (χ2v) is 8.39. The number of nitrogens with zero attached hydrogens (tertiary/aromatic N) is 2. The van der Waals surface area contributed by atoms with Gasteiger partial charge >= 0.3 is 0 Å². The molecule has 2 atom stereocenters. The molecule has 162 valence electrons. The molecule has 1 amide bonds. The molecule has 0 bridgehead atoms. The molecule has 1 aliphatic rings. The van der Waals surface area contributed by atoms with E-state index in [-0.39, 0.29) is 18.1 Å². The number of rotatable bonds is 6. The van der Waals surface area contributed by atoms with Crippen molar-refractivity contribution in [2.24, 2.45) is 0 Å². The lowest BCUT2D eigenvalue weighted by molar-refractivity contribution is 0.0395. The van der Waals surface area contributed by atoms with Gasteiger partial charge in [0.05, 0.1) is 12.7 Å². The predicted octanol–water partition coefficient (Wildman–Crippen LogP) is 4.10. The van der Waals surface area contributed by atoms with Gasteiger partial charge in [-0.05, 0) is 41.5 Å². The summed E-state index contributed by atoms with van der Waals surface area (Å²) < 4.78 is 6.04. The van der Waals surface area contributed by atoms with E-state index in [4.69, 9.17) is 4.74 Å². The first kappa shape index (κ1) is 21.3. The number of amides is 1. The number of hydrogen-bond donors (Lipinski definition) is 1. The van der Waals surface area contributed by atoms with Crippen molar-refractivity contribution < 1.29 is 9.53 Å². The molecular weight excluding hydrogens is 386 g/mol. The first-order chi connectivity index (χ1) is 15.0. The third kappa shape index (κ3) is 4.89. The van der Waals surface area contributed by atoms with E-state index in [2.05, 4.69) is 65.7 Å². The van der Waals surface area contributed by atoms with Crippen LogP contribution < -0.4 is 10.2 Å². The molecule has 5 nitrogen and oxygen atoms in total. The minimum atomic E-state index is 0.0252. The van der Waals surface area contributed by atoms with E-state index < -0.39 is 0 Å². The van der Waals surface area contributed by atoms with Crippen LogP contribution in [0.15, 0.2) is 66.7 Å². The van der Waals surface area contributed by atoms with E-state index in [1.807, 2.05) is 18.2 Å². The minimum absolute atomic E-state index is 0.0252. The molecule has 1 unspecified atom stereocenters. The summed E-state index contributed by atoms with van der Waals surface area (Å²) in [6.07, 6.45) is 0.0967. The average Bonchev–Trinajstić information content (AvgIpc) is 2.82. The highest BCUT2D eigenvalue weighted by Crippen LogP contribution is 2.25. The maximum atomic E-state index is 12.3. The Labute approximate surface area is 184 Å². The zero-order chi connectivity index (χ0) is 21.8. The summed E-state index contributed by atoms with van der Waals surface area (Å²) in [5.41, 5.74) is 3.09. The molecule has 4 rings (SSSR count). The molecule has 1 N–H and O–H groups in total. The molecule has 0 saturated carbocycles. The second-order valence-electron chi connectivity index (χ2n) is 8.39. The molecule has 0 spiro atoms. The Morgan fingerprint density at radius 1 is 1.13 bits per heavy atom. The van der Waals surface area contributed by atoms with Gasteiger partial charge in [-0.1, -0.05) is 48.5 Å². The Bertz CT molecular complexity index is 1040. The lowest BCUT2D eigenvalue weighted by Gasteiger charge is -2.35.